The molecule has 1 amide bonds. The Bertz CT molecular complexity index is 607. The SMILES string of the molecule is O=C(CO)N/N=C/c1ccc(-c2cccc(Cl)c2)o1. The Balaban J connectivity index is 2.09. The number of halogens is 1. The predicted octanol–water partition coefficient (Wildman–Crippen LogP) is 2.04. The fourth-order valence-corrected chi connectivity index (χ4v) is 1.61. The molecule has 2 aromatic rings. The molecule has 0 aliphatic carbocycles. The zero-order valence-corrected chi connectivity index (χ0v) is 10.6. The molecule has 98 valence electrons. The number of hydrogen-bond donors (Lipinski definition) is 2. The largest absolute Gasteiger partial charge is 0.455 e. The smallest absolute Gasteiger partial charge is 0.265 e. The molecule has 0 aliphatic rings. The lowest BCUT2D eigenvalue weighted by Crippen LogP contribution is -2.20. The van der Waals surface area contributed by atoms with Gasteiger partial charge in [-0.15, -0.1) is 0 Å². The number of nitrogens with zero attached hydrogens (tertiary/aromatic N) is 1. The Labute approximate surface area is 114 Å². The van der Waals surface area contributed by atoms with Crippen LogP contribution in [0.25, 0.3) is 11.3 Å². The molecule has 0 saturated heterocycles. The van der Waals surface area contributed by atoms with Crippen LogP contribution in [0.4, 0.5) is 0 Å². The third kappa shape index (κ3) is 3.67. The third-order valence-electron chi connectivity index (χ3n) is 2.26. The highest BCUT2D eigenvalue weighted by atomic mass is 35.5. The van der Waals surface area contributed by atoms with Gasteiger partial charge in [0.1, 0.15) is 18.1 Å². The summed E-state index contributed by atoms with van der Waals surface area (Å²) in [7, 11) is 0. The van der Waals surface area contributed by atoms with Gasteiger partial charge in [-0.1, -0.05) is 23.7 Å². The molecule has 0 radical (unpaired) electrons. The molecule has 0 atom stereocenters. The average molecular weight is 279 g/mol. The molecule has 19 heavy (non-hydrogen) atoms. The fraction of sp³-hybridized carbons (Fsp3) is 0.0769. The van der Waals surface area contributed by atoms with Crippen LogP contribution in [-0.4, -0.2) is 23.8 Å². The van der Waals surface area contributed by atoms with Gasteiger partial charge in [-0.25, -0.2) is 5.43 Å². The summed E-state index contributed by atoms with van der Waals surface area (Å²) in [5.74, 6) is 0.545. The Morgan fingerprint density at radius 1 is 1.42 bits per heavy atom. The van der Waals surface area contributed by atoms with Gasteiger partial charge in [0.15, 0.2) is 0 Å². The highest BCUT2D eigenvalue weighted by molar-refractivity contribution is 6.30. The van der Waals surface area contributed by atoms with Crippen LogP contribution >= 0.6 is 11.6 Å². The number of aliphatic hydroxyl groups is 1. The topological polar surface area (TPSA) is 74.8 Å². The van der Waals surface area contributed by atoms with Crippen molar-refractivity contribution in [3.05, 3.63) is 47.2 Å². The molecular weight excluding hydrogens is 268 g/mol. The van der Waals surface area contributed by atoms with Crippen molar-refractivity contribution in [1.82, 2.24) is 5.43 Å². The zero-order chi connectivity index (χ0) is 13.7. The van der Waals surface area contributed by atoms with E-state index in [2.05, 4.69) is 10.5 Å². The number of amides is 1. The first-order valence-corrected chi connectivity index (χ1v) is 5.85. The minimum Gasteiger partial charge on any atom is -0.455 e. The number of furan rings is 1. The average Bonchev–Trinajstić information content (AvgIpc) is 2.87. The van der Waals surface area contributed by atoms with Crippen molar-refractivity contribution in [3.63, 3.8) is 0 Å². The van der Waals surface area contributed by atoms with Crippen LogP contribution in [0, 0.1) is 0 Å². The monoisotopic (exact) mass is 278 g/mol. The molecule has 0 saturated carbocycles. The van der Waals surface area contributed by atoms with E-state index in [0.717, 1.165) is 5.56 Å². The third-order valence-corrected chi connectivity index (χ3v) is 2.50. The second-order valence-electron chi connectivity index (χ2n) is 3.66. The second-order valence-corrected chi connectivity index (χ2v) is 4.10. The van der Waals surface area contributed by atoms with Gasteiger partial charge in [-0.3, -0.25) is 4.79 Å². The number of nitrogens with one attached hydrogen (secondary N) is 1. The highest BCUT2D eigenvalue weighted by Gasteiger charge is 2.04. The van der Waals surface area contributed by atoms with E-state index in [9.17, 15) is 4.79 Å². The second kappa shape index (κ2) is 6.17. The molecule has 1 aromatic carbocycles. The fourth-order valence-electron chi connectivity index (χ4n) is 1.42. The lowest BCUT2D eigenvalue weighted by Gasteiger charge is -1.97. The van der Waals surface area contributed by atoms with Crippen LogP contribution in [-0.2, 0) is 4.79 Å². The van der Waals surface area contributed by atoms with Crippen molar-refractivity contribution in [2.45, 2.75) is 0 Å². The highest BCUT2D eigenvalue weighted by Crippen LogP contribution is 2.24. The van der Waals surface area contributed by atoms with Crippen molar-refractivity contribution < 1.29 is 14.3 Å². The van der Waals surface area contributed by atoms with Gasteiger partial charge in [-0.05, 0) is 24.3 Å². The number of aliphatic hydroxyl groups excluding tert-OH is 1. The molecule has 1 aromatic heterocycles. The molecule has 2 rings (SSSR count). The van der Waals surface area contributed by atoms with E-state index in [1.54, 1.807) is 24.3 Å². The van der Waals surface area contributed by atoms with Crippen molar-refractivity contribution in [2.75, 3.05) is 6.61 Å². The first kappa shape index (κ1) is 13.3. The van der Waals surface area contributed by atoms with Gasteiger partial charge in [0.2, 0.25) is 0 Å². The Morgan fingerprint density at radius 2 is 2.26 bits per heavy atom. The van der Waals surface area contributed by atoms with Gasteiger partial charge in [0.05, 0.1) is 6.21 Å². The molecule has 0 bridgehead atoms. The normalized spacial score (nSPS) is 10.8. The minimum atomic E-state index is -0.608. The Hall–Kier alpha value is -2.11. The van der Waals surface area contributed by atoms with Crippen molar-refractivity contribution in [1.29, 1.82) is 0 Å². The molecule has 0 spiro atoms. The Morgan fingerprint density at radius 3 is 3.00 bits per heavy atom. The summed E-state index contributed by atoms with van der Waals surface area (Å²) >= 11 is 5.90. The predicted molar refractivity (Wildman–Crippen MR) is 72.0 cm³/mol. The number of hydrogen-bond acceptors (Lipinski definition) is 4. The first-order valence-electron chi connectivity index (χ1n) is 5.47. The van der Waals surface area contributed by atoms with Crippen LogP contribution in [0.5, 0.6) is 0 Å². The zero-order valence-electron chi connectivity index (χ0n) is 9.84. The summed E-state index contributed by atoms with van der Waals surface area (Å²) in [4.78, 5) is 10.7. The summed E-state index contributed by atoms with van der Waals surface area (Å²) in [5, 5.41) is 12.7. The van der Waals surface area contributed by atoms with Crippen molar-refractivity contribution in [3.8, 4) is 11.3 Å². The molecule has 6 heteroatoms. The van der Waals surface area contributed by atoms with E-state index in [-0.39, 0.29) is 0 Å². The van der Waals surface area contributed by atoms with Gasteiger partial charge >= 0.3 is 0 Å². The quantitative estimate of drug-likeness (QED) is 0.664. The van der Waals surface area contributed by atoms with Gasteiger partial charge in [0, 0.05) is 10.6 Å². The van der Waals surface area contributed by atoms with Crippen LogP contribution in [0.1, 0.15) is 5.76 Å². The van der Waals surface area contributed by atoms with E-state index in [0.29, 0.717) is 16.5 Å². The van der Waals surface area contributed by atoms with Crippen LogP contribution in [0.15, 0.2) is 45.9 Å². The van der Waals surface area contributed by atoms with Crippen molar-refractivity contribution >= 4 is 23.7 Å². The molecular formula is C13H11ClN2O3. The maximum Gasteiger partial charge on any atom is 0.265 e. The van der Waals surface area contributed by atoms with E-state index in [1.807, 2.05) is 12.1 Å². The first-order chi connectivity index (χ1) is 9.19. The molecule has 1 heterocycles. The molecule has 5 nitrogen and oxygen atoms in total. The molecule has 2 N–H and O–H groups in total. The Kier molecular flexibility index (Phi) is 4.33. The lowest BCUT2D eigenvalue weighted by molar-refractivity contribution is -0.123. The molecule has 0 unspecified atom stereocenters. The van der Waals surface area contributed by atoms with E-state index in [1.165, 1.54) is 6.21 Å². The maximum absolute atomic E-state index is 10.7. The maximum atomic E-state index is 10.7. The van der Waals surface area contributed by atoms with Gasteiger partial charge < -0.3 is 9.52 Å². The van der Waals surface area contributed by atoms with Crippen LogP contribution < -0.4 is 5.43 Å². The summed E-state index contributed by atoms with van der Waals surface area (Å²) in [5.41, 5.74) is 2.99. The van der Waals surface area contributed by atoms with Gasteiger partial charge in [-0.2, -0.15) is 5.10 Å². The van der Waals surface area contributed by atoms with E-state index in [4.69, 9.17) is 21.1 Å². The molecule has 0 fully saturated rings. The number of hydrazone groups is 1. The minimum absolute atomic E-state index is 0.480. The van der Waals surface area contributed by atoms with E-state index < -0.39 is 12.5 Å². The summed E-state index contributed by atoms with van der Waals surface area (Å²) in [6, 6.07) is 10.8. The number of carbonyl (C=O) groups excluding carboxylic acids is 1. The molecule has 0 aliphatic heterocycles. The number of carbonyl (C=O) groups is 1. The number of rotatable bonds is 4. The van der Waals surface area contributed by atoms with E-state index >= 15 is 0 Å². The number of benzene rings is 1. The summed E-state index contributed by atoms with van der Waals surface area (Å²) in [6.07, 6.45) is 1.35. The van der Waals surface area contributed by atoms with Crippen LogP contribution in [0.3, 0.4) is 0 Å². The summed E-state index contributed by atoms with van der Waals surface area (Å²) in [6.45, 7) is -0.608. The van der Waals surface area contributed by atoms with Crippen LogP contribution in [0.2, 0.25) is 5.02 Å². The van der Waals surface area contributed by atoms with Crippen molar-refractivity contribution in [2.24, 2.45) is 5.10 Å². The lowest BCUT2D eigenvalue weighted by atomic mass is 10.2. The van der Waals surface area contributed by atoms with Gasteiger partial charge in [0.25, 0.3) is 5.91 Å². The standard InChI is InChI=1S/C13H11ClN2O3/c14-10-3-1-2-9(6-10)12-5-4-11(19-12)7-15-16-13(18)8-17/h1-7,17H,8H2,(H,16,18)/b15-7+. The summed E-state index contributed by atoms with van der Waals surface area (Å²) < 4.78 is 5.52.